The van der Waals surface area contributed by atoms with Gasteiger partial charge in [-0.05, 0) is 24.5 Å². The van der Waals surface area contributed by atoms with Crippen LogP contribution in [0.5, 0.6) is 0 Å². The molecule has 0 spiro atoms. The van der Waals surface area contributed by atoms with Crippen molar-refractivity contribution in [1.82, 2.24) is 0 Å². The molecule has 0 aliphatic rings. The molecule has 2 heteroatoms. The molecule has 0 saturated carbocycles. The molecule has 78 valence electrons. The first kappa shape index (κ1) is 11.2. The summed E-state index contributed by atoms with van der Waals surface area (Å²) in [6.45, 7) is 5.49. The zero-order valence-corrected chi connectivity index (χ0v) is 8.92. The largest absolute Gasteiger partial charge is 0.393 e. The van der Waals surface area contributed by atoms with Crippen LogP contribution in [0.3, 0.4) is 0 Å². The maximum atomic E-state index is 13.6. The molecule has 1 aromatic rings. The summed E-state index contributed by atoms with van der Waals surface area (Å²) < 4.78 is 13.6. The molecular weight excluding hydrogens is 179 g/mol. The van der Waals surface area contributed by atoms with Gasteiger partial charge in [-0.1, -0.05) is 32.0 Å². The molecule has 2 unspecified atom stereocenters. The Kier molecular flexibility index (Phi) is 3.64. The molecule has 2 atom stereocenters. The van der Waals surface area contributed by atoms with Crippen molar-refractivity contribution in [2.24, 2.45) is 0 Å². The lowest BCUT2D eigenvalue weighted by Crippen LogP contribution is -2.16. The Bertz CT molecular complexity index is 309. The number of halogens is 1. The second-order valence-electron chi connectivity index (χ2n) is 3.74. The van der Waals surface area contributed by atoms with E-state index in [4.69, 9.17) is 0 Å². The predicted octanol–water partition coefficient (Wildman–Crippen LogP) is 3.01. The van der Waals surface area contributed by atoms with E-state index in [2.05, 4.69) is 0 Å². The van der Waals surface area contributed by atoms with Crippen LogP contribution in [0.25, 0.3) is 0 Å². The Morgan fingerprint density at radius 1 is 1.43 bits per heavy atom. The highest BCUT2D eigenvalue weighted by atomic mass is 19.1. The van der Waals surface area contributed by atoms with Gasteiger partial charge in [-0.25, -0.2) is 4.39 Å². The van der Waals surface area contributed by atoms with Crippen molar-refractivity contribution in [2.75, 3.05) is 0 Å². The first-order chi connectivity index (χ1) is 6.57. The minimum Gasteiger partial charge on any atom is -0.393 e. The van der Waals surface area contributed by atoms with Crippen LogP contribution in [0.4, 0.5) is 4.39 Å². The number of aliphatic hydroxyl groups is 1. The number of hydrogen-bond acceptors (Lipinski definition) is 1. The van der Waals surface area contributed by atoms with Gasteiger partial charge in [0.25, 0.3) is 0 Å². The Morgan fingerprint density at radius 2 is 2.07 bits per heavy atom. The van der Waals surface area contributed by atoms with E-state index in [-0.39, 0.29) is 11.7 Å². The summed E-state index contributed by atoms with van der Waals surface area (Å²) >= 11 is 0. The Morgan fingerprint density at radius 3 is 2.64 bits per heavy atom. The highest BCUT2D eigenvalue weighted by Gasteiger charge is 2.18. The summed E-state index contributed by atoms with van der Waals surface area (Å²) in [6.07, 6.45) is 0.181. The number of benzene rings is 1. The van der Waals surface area contributed by atoms with Crippen LogP contribution in [0.15, 0.2) is 18.2 Å². The molecule has 1 aromatic carbocycles. The molecule has 1 rings (SSSR count). The molecule has 0 bridgehead atoms. The highest BCUT2D eigenvalue weighted by molar-refractivity contribution is 5.28. The summed E-state index contributed by atoms with van der Waals surface area (Å²) in [5.74, 6) is -0.326. The fraction of sp³-hybridized carbons (Fsp3) is 0.500. The van der Waals surface area contributed by atoms with Crippen molar-refractivity contribution in [3.05, 3.63) is 35.1 Å². The standard InChI is InChI=1S/C12H17FO/c1-4-11(14)9(3)10-7-5-6-8(2)12(10)13/h5-7,9,11,14H,4H2,1-3H3. The van der Waals surface area contributed by atoms with Gasteiger partial charge in [-0.15, -0.1) is 0 Å². The lowest BCUT2D eigenvalue weighted by Gasteiger charge is -2.18. The quantitative estimate of drug-likeness (QED) is 0.788. The zero-order chi connectivity index (χ0) is 10.7. The van der Waals surface area contributed by atoms with E-state index in [1.807, 2.05) is 19.9 Å². The van der Waals surface area contributed by atoms with Crippen molar-refractivity contribution >= 4 is 0 Å². The normalized spacial score (nSPS) is 15.2. The molecule has 0 fully saturated rings. The monoisotopic (exact) mass is 196 g/mol. The minimum absolute atomic E-state index is 0.139. The molecule has 0 saturated heterocycles. The van der Waals surface area contributed by atoms with Crippen molar-refractivity contribution in [2.45, 2.75) is 39.2 Å². The molecule has 0 radical (unpaired) electrons. The Hall–Kier alpha value is -0.890. The van der Waals surface area contributed by atoms with Gasteiger partial charge in [-0.2, -0.15) is 0 Å². The summed E-state index contributed by atoms with van der Waals surface area (Å²) in [4.78, 5) is 0. The van der Waals surface area contributed by atoms with Crippen molar-refractivity contribution < 1.29 is 9.50 Å². The van der Waals surface area contributed by atoms with Crippen LogP contribution in [0, 0.1) is 12.7 Å². The Balaban J connectivity index is 3.01. The zero-order valence-electron chi connectivity index (χ0n) is 8.92. The lowest BCUT2D eigenvalue weighted by molar-refractivity contribution is 0.143. The van der Waals surface area contributed by atoms with Crippen LogP contribution < -0.4 is 0 Å². The fourth-order valence-corrected chi connectivity index (χ4v) is 1.58. The smallest absolute Gasteiger partial charge is 0.129 e. The summed E-state index contributed by atoms with van der Waals surface area (Å²) in [7, 11) is 0. The van der Waals surface area contributed by atoms with Crippen molar-refractivity contribution in [1.29, 1.82) is 0 Å². The van der Waals surface area contributed by atoms with Gasteiger partial charge in [0.05, 0.1) is 6.10 Å². The van der Waals surface area contributed by atoms with E-state index in [1.165, 1.54) is 0 Å². The molecule has 1 N–H and O–H groups in total. The fourth-order valence-electron chi connectivity index (χ4n) is 1.58. The lowest BCUT2D eigenvalue weighted by atomic mass is 9.92. The molecule has 14 heavy (non-hydrogen) atoms. The van der Waals surface area contributed by atoms with Crippen LogP contribution in [-0.4, -0.2) is 11.2 Å². The van der Waals surface area contributed by atoms with Gasteiger partial charge in [0.1, 0.15) is 5.82 Å². The maximum Gasteiger partial charge on any atom is 0.129 e. The maximum absolute atomic E-state index is 13.6. The van der Waals surface area contributed by atoms with Crippen LogP contribution in [0.1, 0.15) is 37.3 Å². The summed E-state index contributed by atoms with van der Waals surface area (Å²) in [6, 6.07) is 5.31. The number of rotatable bonds is 3. The SMILES string of the molecule is CCC(O)C(C)c1cccc(C)c1F. The third-order valence-corrected chi connectivity index (χ3v) is 2.71. The molecule has 0 aliphatic heterocycles. The third-order valence-electron chi connectivity index (χ3n) is 2.71. The molecule has 0 amide bonds. The van der Waals surface area contributed by atoms with Gasteiger partial charge < -0.3 is 5.11 Å². The first-order valence-corrected chi connectivity index (χ1v) is 5.01. The number of aryl methyl sites for hydroxylation is 1. The average molecular weight is 196 g/mol. The number of aliphatic hydroxyl groups excluding tert-OH is 1. The van der Waals surface area contributed by atoms with Crippen LogP contribution >= 0.6 is 0 Å². The molecule has 0 aliphatic carbocycles. The van der Waals surface area contributed by atoms with Crippen molar-refractivity contribution in [3.63, 3.8) is 0 Å². The van der Waals surface area contributed by atoms with E-state index in [1.54, 1.807) is 19.1 Å². The van der Waals surface area contributed by atoms with Gasteiger partial charge >= 0.3 is 0 Å². The van der Waals surface area contributed by atoms with E-state index in [9.17, 15) is 9.50 Å². The summed E-state index contributed by atoms with van der Waals surface area (Å²) in [5.41, 5.74) is 1.25. The van der Waals surface area contributed by atoms with Gasteiger partial charge in [0.2, 0.25) is 0 Å². The minimum atomic E-state index is -0.466. The van der Waals surface area contributed by atoms with E-state index < -0.39 is 6.10 Å². The third kappa shape index (κ3) is 2.13. The van der Waals surface area contributed by atoms with Crippen molar-refractivity contribution in [3.8, 4) is 0 Å². The predicted molar refractivity (Wildman–Crippen MR) is 55.8 cm³/mol. The first-order valence-electron chi connectivity index (χ1n) is 5.01. The second-order valence-corrected chi connectivity index (χ2v) is 3.74. The summed E-state index contributed by atoms with van der Waals surface area (Å²) in [5, 5.41) is 9.63. The van der Waals surface area contributed by atoms with E-state index >= 15 is 0 Å². The van der Waals surface area contributed by atoms with Gasteiger partial charge in [-0.3, -0.25) is 0 Å². The highest BCUT2D eigenvalue weighted by Crippen LogP contribution is 2.25. The molecule has 0 aromatic heterocycles. The number of hydrogen-bond donors (Lipinski definition) is 1. The van der Waals surface area contributed by atoms with Crippen LogP contribution in [-0.2, 0) is 0 Å². The Labute approximate surface area is 84.6 Å². The topological polar surface area (TPSA) is 20.2 Å². The molecular formula is C12H17FO. The molecule has 0 heterocycles. The van der Waals surface area contributed by atoms with Gasteiger partial charge in [0, 0.05) is 5.92 Å². The second kappa shape index (κ2) is 4.56. The molecule has 1 nitrogen and oxygen atoms in total. The van der Waals surface area contributed by atoms with Gasteiger partial charge in [0.15, 0.2) is 0 Å². The average Bonchev–Trinajstić information content (AvgIpc) is 2.20. The van der Waals surface area contributed by atoms with E-state index in [0.717, 1.165) is 0 Å². The van der Waals surface area contributed by atoms with Crippen LogP contribution in [0.2, 0.25) is 0 Å². The van der Waals surface area contributed by atoms with E-state index in [0.29, 0.717) is 17.5 Å².